The number of hydrogen-bond donors (Lipinski definition) is 0. The molecule has 4 heteroatoms. The van der Waals surface area contributed by atoms with Crippen molar-refractivity contribution in [1.82, 2.24) is 4.90 Å². The molecule has 1 aromatic carbocycles. The topological polar surface area (TPSA) is 38.8 Å². The Balaban J connectivity index is 1.91. The van der Waals surface area contributed by atoms with Crippen molar-refractivity contribution < 1.29 is 14.3 Å². The third-order valence-corrected chi connectivity index (χ3v) is 3.24. The van der Waals surface area contributed by atoms with Crippen LogP contribution in [0, 0.1) is 0 Å². The van der Waals surface area contributed by atoms with Crippen molar-refractivity contribution >= 4 is 5.97 Å². The zero-order valence-corrected chi connectivity index (χ0v) is 10.7. The van der Waals surface area contributed by atoms with Gasteiger partial charge in [0.15, 0.2) is 0 Å². The molecule has 98 valence electrons. The summed E-state index contributed by atoms with van der Waals surface area (Å²) in [6.45, 7) is 2.75. The fraction of sp³-hybridized carbons (Fsp3) is 0.500. The molecule has 0 radical (unpaired) electrons. The quantitative estimate of drug-likeness (QED) is 0.749. The highest BCUT2D eigenvalue weighted by Gasteiger charge is 2.29. The lowest BCUT2D eigenvalue weighted by Gasteiger charge is -2.33. The van der Waals surface area contributed by atoms with Gasteiger partial charge in [0.25, 0.3) is 0 Å². The first-order chi connectivity index (χ1) is 8.81. The van der Waals surface area contributed by atoms with Crippen LogP contribution in [-0.2, 0) is 20.7 Å². The van der Waals surface area contributed by atoms with Crippen molar-refractivity contribution in [2.75, 3.05) is 33.4 Å². The Morgan fingerprint density at radius 1 is 1.44 bits per heavy atom. The van der Waals surface area contributed by atoms with Gasteiger partial charge in [0.2, 0.25) is 0 Å². The first-order valence-corrected chi connectivity index (χ1v) is 6.25. The molecule has 1 aliphatic rings. The summed E-state index contributed by atoms with van der Waals surface area (Å²) >= 11 is 0. The summed E-state index contributed by atoms with van der Waals surface area (Å²) < 4.78 is 10.2. The van der Waals surface area contributed by atoms with E-state index in [0.717, 1.165) is 19.5 Å². The maximum atomic E-state index is 11.6. The van der Waals surface area contributed by atoms with Crippen LogP contribution in [0.1, 0.15) is 5.56 Å². The van der Waals surface area contributed by atoms with Gasteiger partial charge in [-0.1, -0.05) is 30.3 Å². The van der Waals surface area contributed by atoms with Crippen molar-refractivity contribution in [3.05, 3.63) is 35.9 Å². The second kappa shape index (κ2) is 6.52. The molecule has 0 aromatic heterocycles. The van der Waals surface area contributed by atoms with Crippen LogP contribution in [0.5, 0.6) is 0 Å². The molecule has 1 aromatic rings. The Kier molecular flexibility index (Phi) is 4.73. The Hall–Kier alpha value is -1.39. The number of hydrogen-bond acceptors (Lipinski definition) is 4. The molecule has 0 amide bonds. The molecular weight excluding hydrogens is 230 g/mol. The summed E-state index contributed by atoms with van der Waals surface area (Å²) in [4.78, 5) is 13.8. The summed E-state index contributed by atoms with van der Waals surface area (Å²) in [5.41, 5.74) is 1.28. The minimum atomic E-state index is -0.257. The fourth-order valence-electron chi connectivity index (χ4n) is 2.18. The molecule has 0 bridgehead atoms. The van der Waals surface area contributed by atoms with E-state index in [2.05, 4.69) is 17.0 Å². The van der Waals surface area contributed by atoms with Crippen LogP contribution in [0.4, 0.5) is 0 Å². The fourth-order valence-corrected chi connectivity index (χ4v) is 2.18. The molecule has 1 unspecified atom stereocenters. The number of ether oxygens (including phenoxy) is 2. The SMILES string of the molecule is COC(=O)C1COCCN1CCc1ccccc1. The van der Waals surface area contributed by atoms with Gasteiger partial charge in [-0.15, -0.1) is 0 Å². The lowest BCUT2D eigenvalue weighted by atomic mass is 10.1. The monoisotopic (exact) mass is 249 g/mol. The van der Waals surface area contributed by atoms with Crippen molar-refractivity contribution in [2.45, 2.75) is 12.5 Å². The van der Waals surface area contributed by atoms with E-state index in [4.69, 9.17) is 9.47 Å². The van der Waals surface area contributed by atoms with E-state index >= 15 is 0 Å². The van der Waals surface area contributed by atoms with Crippen LogP contribution in [0.3, 0.4) is 0 Å². The van der Waals surface area contributed by atoms with Crippen LogP contribution in [0.15, 0.2) is 30.3 Å². The average Bonchev–Trinajstić information content (AvgIpc) is 2.45. The standard InChI is InChI=1S/C14H19NO3/c1-17-14(16)13-11-18-10-9-15(13)8-7-12-5-3-2-4-6-12/h2-6,13H,7-11H2,1H3. The second-order valence-electron chi connectivity index (χ2n) is 4.39. The van der Waals surface area contributed by atoms with Crippen molar-refractivity contribution in [2.24, 2.45) is 0 Å². The second-order valence-corrected chi connectivity index (χ2v) is 4.39. The number of rotatable bonds is 4. The smallest absolute Gasteiger partial charge is 0.325 e. The largest absolute Gasteiger partial charge is 0.468 e. The van der Waals surface area contributed by atoms with Gasteiger partial charge < -0.3 is 9.47 Å². The summed E-state index contributed by atoms with van der Waals surface area (Å²) in [7, 11) is 1.42. The Morgan fingerprint density at radius 3 is 2.94 bits per heavy atom. The lowest BCUT2D eigenvalue weighted by molar-refractivity contribution is -0.153. The van der Waals surface area contributed by atoms with Gasteiger partial charge in [-0.2, -0.15) is 0 Å². The Morgan fingerprint density at radius 2 is 2.22 bits per heavy atom. The number of nitrogens with zero attached hydrogens (tertiary/aromatic N) is 1. The van der Waals surface area contributed by atoms with E-state index in [1.54, 1.807) is 0 Å². The van der Waals surface area contributed by atoms with Crippen molar-refractivity contribution in [3.63, 3.8) is 0 Å². The third kappa shape index (κ3) is 3.31. The number of benzene rings is 1. The summed E-state index contributed by atoms with van der Waals surface area (Å²) in [5.74, 6) is -0.206. The highest BCUT2D eigenvalue weighted by atomic mass is 16.5. The van der Waals surface area contributed by atoms with Gasteiger partial charge >= 0.3 is 5.97 Å². The van der Waals surface area contributed by atoms with Gasteiger partial charge in [0, 0.05) is 13.1 Å². The number of morpholine rings is 1. The van der Waals surface area contributed by atoms with Crippen molar-refractivity contribution in [1.29, 1.82) is 0 Å². The zero-order chi connectivity index (χ0) is 12.8. The number of carbonyl (C=O) groups is 1. The maximum absolute atomic E-state index is 11.6. The maximum Gasteiger partial charge on any atom is 0.325 e. The van der Waals surface area contributed by atoms with Gasteiger partial charge in [-0.25, -0.2) is 0 Å². The molecule has 0 saturated carbocycles. The predicted molar refractivity (Wildman–Crippen MR) is 68.3 cm³/mol. The first-order valence-electron chi connectivity index (χ1n) is 6.25. The van der Waals surface area contributed by atoms with Gasteiger partial charge in [0.05, 0.1) is 20.3 Å². The molecule has 1 fully saturated rings. The Labute approximate surface area is 107 Å². The minimum Gasteiger partial charge on any atom is -0.468 e. The highest BCUT2D eigenvalue weighted by Crippen LogP contribution is 2.10. The van der Waals surface area contributed by atoms with Crippen LogP contribution in [-0.4, -0.2) is 50.3 Å². The average molecular weight is 249 g/mol. The van der Waals surface area contributed by atoms with E-state index in [-0.39, 0.29) is 12.0 Å². The van der Waals surface area contributed by atoms with Crippen LogP contribution in [0.2, 0.25) is 0 Å². The highest BCUT2D eigenvalue weighted by molar-refractivity contribution is 5.75. The van der Waals surface area contributed by atoms with E-state index in [1.807, 2.05) is 18.2 Å². The molecule has 0 aliphatic carbocycles. The van der Waals surface area contributed by atoms with Crippen LogP contribution in [0.25, 0.3) is 0 Å². The van der Waals surface area contributed by atoms with Crippen molar-refractivity contribution in [3.8, 4) is 0 Å². The molecule has 2 rings (SSSR count). The number of esters is 1. The van der Waals surface area contributed by atoms with E-state index < -0.39 is 0 Å². The molecular formula is C14H19NO3. The Bertz CT molecular complexity index is 380. The van der Waals surface area contributed by atoms with Gasteiger partial charge in [-0.05, 0) is 12.0 Å². The predicted octanol–water partition coefficient (Wildman–Crippen LogP) is 1.10. The molecule has 1 saturated heterocycles. The lowest BCUT2D eigenvalue weighted by Crippen LogP contribution is -2.50. The summed E-state index contributed by atoms with van der Waals surface area (Å²) in [6, 6.07) is 10.0. The third-order valence-electron chi connectivity index (χ3n) is 3.24. The molecule has 1 aliphatic heterocycles. The van der Waals surface area contributed by atoms with Gasteiger partial charge in [0.1, 0.15) is 6.04 Å². The summed E-state index contributed by atoms with van der Waals surface area (Å²) in [5, 5.41) is 0. The summed E-state index contributed by atoms with van der Waals surface area (Å²) in [6.07, 6.45) is 0.939. The van der Waals surface area contributed by atoms with E-state index in [9.17, 15) is 4.79 Å². The number of carbonyl (C=O) groups excluding carboxylic acids is 1. The molecule has 18 heavy (non-hydrogen) atoms. The molecule has 0 spiro atoms. The molecule has 1 atom stereocenters. The molecule has 4 nitrogen and oxygen atoms in total. The minimum absolute atomic E-state index is 0.206. The van der Waals surface area contributed by atoms with Gasteiger partial charge in [-0.3, -0.25) is 9.69 Å². The zero-order valence-electron chi connectivity index (χ0n) is 10.7. The van der Waals surface area contributed by atoms with E-state index in [1.165, 1.54) is 12.7 Å². The normalized spacial score (nSPS) is 20.6. The molecule has 0 N–H and O–H groups in total. The number of methoxy groups -OCH3 is 1. The van der Waals surface area contributed by atoms with Crippen LogP contribution < -0.4 is 0 Å². The first kappa shape index (κ1) is 13.1. The van der Waals surface area contributed by atoms with E-state index in [0.29, 0.717) is 13.2 Å². The molecule has 1 heterocycles. The van der Waals surface area contributed by atoms with Crippen LogP contribution >= 0.6 is 0 Å².